The van der Waals surface area contributed by atoms with Crippen LogP contribution in [0.5, 0.6) is 0 Å². The van der Waals surface area contributed by atoms with Crippen LogP contribution in [0.3, 0.4) is 0 Å². The third-order valence-corrected chi connectivity index (χ3v) is 2.75. The molecule has 0 aromatic carbocycles. The van der Waals surface area contributed by atoms with Crippen molar-refractivity contribution < 1.29 is 5.11 Å². The van der Waals surface area contributed by atoms with Crippen molar-refractivity contribution in [1.29, 1.82) is 0 Å². The van der Waals surface area contributed by atoms with Crippen molar-refractivity contribution in [3.05, 3.63) is 11.6 Å². The summed E-state index contributed by atoms with van der Waals surface area (Å²) in [6.07, 6.45) is 7.46. The van der Waals surface area contributed by atoms with Gasteiger partial charge in [-0.15, -0.1) is 0 Å². The summed E-state index contributed by atoms with van der Waals surface area (Å²) in [7, 11) is 0. The maximum absolute atomic E-state index is 9.15. The molecule has 2 atom stereocenters. The average molecular weight is 168 g/mol. The van der Waals surface area contributed by atoms with E-state index in [0.717, 1.165) is 0 Å². The van der Waals surface area contributed by atoms with Gasteiger partial charge in [-0.2, -0.15) is 0 Å². The molecule has 70 valence electrons. The molecule has 0 heterocycles. The van der Waals surface area contributed by atoms with Crippen molar-refractivity contribution in [3.8, 4) is 0 Å². The Labute approximate surface area is 75.5 Å². The second-order valence-corrected chi connectivity index (χ2v) is 4.13. The van der Waals surface area contributed by atoms with Crippen LogP contribution >= 0.6 is 0 Å². The highest BCUT2D eigenvalue weighted by Gasteiger charge is 2.21. The molecule has 1 rings (SSSR count). The summed E-state index contributed by atoms with van der Waals surface area (Å²) in [4.78, 5) is 0. The first kappa shape index (κ1) is 9.79. The number of rotatable bonds is 2. The molecule has 1 N–H and O–H groups in total. The summed E-state index contributed by atoms with van der Waals surface area (Å²) >= 11 is 0. The van der Waals surface area contributed by atoms with Gasteiger partial charge in [0.1, 0.15) is 0 Å². The Hall–Kier alpha value is -0.300. The van der Waals surface area contributed by atoms with E-state index >= 15 is 0 Å². The van der Waals surface area contributed by atoms with Gasteiger partial charge >= 0.3 is 0 Å². The second-order valence-electron chi connectivity index (χ2n) is 4.13. The maximum atomic E-state index is 9.15. The molecule has 1 heteroatoms. The Bertz CT molecular complexity index is 156. The molecule has 0 aliphatic heterocycles. The van der Waals surface area contributed by atoms with Crippen LogP contribution in [0.2, 0.25) is 0 Å². The fraction of sp³-hybridized carbons (Fsp3) is 0.818. The van der Waals surface area contributed by atoms with Crippen LogP contribution < -0.4 is 0 Å². The summed E-state index contributed by atoms with van der Waals surface area (Å²) in [6.45, 7) is 4.65. The first-order valence-corrected chi connectivity index (χ1v) is 5.00. The van der Waals surface area contributed by atoms with Crippen LogP contribution in [0.1, 0.15) is 39.5 Å². The van der Waals surface area contributed by atoms with Gasteiger partial charge in [0, 0.05) is 6.61 Å². The molecule has 12 heavy (non-hydrogen) atoms. The average Bonchev–Trinajstić information content (AvgIpc) is 2.04. The minimum absolute atomic E-state index is 0.369. The van der Waals surface area contributed by atoms with Gasteiger partial charge in [0.15, 0.2) is 0 Å². The van der Waals surface area contributed by atoms with Crippen LogP contribution in [0.4, 0.5) is 0 Å². The molecule has 0 aromatic rings. The topological polar surface area (TPSA) is 20.2 Å². The number of allylic oxidation sites excluding steroid dienone is 2. The van der Waals surface area contributed by atoms with E-state index < -0.39 is 0 Å². The van der Waals surface area contributed by atoms with Gasteiger partial charge in [0.25, 0.3) is 0 Å². The van der Waals surface area contributed by atoms with Gasteiger partial charge in [-0.1, -0.05) is 24.5 Å². The molecule has 1 saturated carbocycles. The number of aliphatic hydroxyl groups is 1. The molecule has 0 aromatic heterocycles. The summed E-state index contributed by atoms with van der Waals surface area (Å²) in [5.41, 5.74) is 1.39. The number of hydrogen-bond acceptors (Lipinski definition) is 1. The second kappa shape index (κ2) is 4.66. The lowest BCUT2D eigenvalue weighted by molar-refractivity contribution is 0.157. The highest BCUT2D eigenvalue weighted by atomic mass is 16.3. The normalized spacial score (nSPS) is 29.9. The molecule has 0 spiro atoms. The summed E-state index contributed by atoms with van der Waals surface area (Å²) in [5, 5.41) is 9.15. The summed E-state index contributed by atoms with van der Waals surface area (Å²) in [6, 6.07) is 0. The van der Waals surface area contributed by atoms with Gasteiger partial charge in [0.05, 0.1) is 0 Å². The summed E-state index contributed by atoms with van der Waals surface area (Å²) in [5.74, 6) is 1.18. The lowest BCUT2D eigenvalue weighted by atomic mass is 9.79. The Morgan fingerprint density at radius 1 is 1.33 bits per heavy atom. The zero-order valence-corrected chi connectivity index (χ0v) is 8.21. The summed E-state index contributed by atoms with van der Waals surface area (Å²) < 4.78 is 0. The SMILES string of the molecule is CC(C)=C[C@H]1CCCC[C@@H]1CO. The molecular formula is C11H20O. The lowest BCUT2D eigenvalue weighted by Gasteiger charge is -2.28. The predicted molar refractivity (Wildman–Crippen MR) is 52.0 cm³/mol. The lowest BCUT2D eigenvalue weighted by Crippen LogP contribution is -2.21. The fourth-order valence-electron chi connectivity index (χ4n) is 2.11. The molecule has 0 saturated heterocycles. The quantitative estimate of drug-likeness (QED) is 0.629. The maximum Gasteiger partial charge on any atom is 0.0464 e. The van der Waals surface area contributed by atoms with Gasteiger partial charge in [0.2, 0.25) is 0 Å². The molecule has 1 fully saturated rings. The van der Waals surface area contributed by atoms with E-state index in [-0.39, 0.29) is 0 Å². The first-order chi connectivity index (χ1) is 5.74. The van der Waals surface area contributed by atoms with E-state index in [9.17, 15) is 0 Å². The monoisotopic (exact) mass is 168 g/mol. The largest absolute Gasteiger partial charge is 0.396 e. The highest BCUT2D eigenvalue weighted by molar-refractivity contribution is 5.00. The van der Waals surface area contributed by atoms with Gasteiger partial charge < -0.3 is 5.11 Å². The van der Waals surface area contributed by atoms with Gasteiger partial charge in [-0.05, 0) is 38.5 Å². The number of hydrogen-bond donors (Lipinski definition) is 1. The van der Waals surface area contributed by atoms with E-state index in [1.807, 2.05) is 0 Å². The molecule has 0 bridgehead atoms. The minimum Gasteiger partial charge on any atom is -0.396 e. The molecule has 1 nitrogen and oxygen atoms in total. The molecular weight excluding hydrogens is 148 g/mol. The van der Waals surface area contributed by atoms with E-state index in [1.165, 1.54) is 31.3 Å². The van der Waals surface area contributed by atoms with Crippen LogP contribution in [0.15, 0.2) is 11.6 Å². The smallest absolute Gasteiger partial charge is 0.0464 e. The van der Waals surface area contributed by atoms with E-state index in [1.54, 1.807) is 0 Å². The Kier molecular flexibility index (Phi) is 3.80. The van der Waals surface area contributed by atoms with Gasteiger partial charge in [-0.3, -0.25) is 0 Å². The van der Waals surface area contributed by atoms with E-state index in [4.69, 9.17) is 5.11 Å². The molecule has 0 unspecified atom stereocenters. The van der Waals surface area contributed by atoms with Crippen molar-refractivity contribution in [2.24, 2.45) is 11.8 Å². The zero-order valence-electron chi connectivity index (χ0n) is 8.21. The van der Waals surface area contributed by atoms with Crippen molar-refractivity contribution in [2.45, 2.75) is 39.5 Å². The van der Waals surface area contributed by atoms with Crippen molar-refractivity contribution in [3.63, 3.8) is 0 Å². The van der Waals surface area contributed by atoms with Gasteiger partial charge in [-0.25, -0.2) is 0 Å². The first-order valence-electron chi connectivity index (χ1n) is 5.00. The Morgan fingerprint density at radius 3 is 2.58 bits per heavy atom. The highest BCUT2D eigenvalue weighted by Crippen LogP contribution is 2.31. The molecule has 0 amide bonds. The van der Waals surface area contributed by atoms with Crippen LogP contribution in [-0.2, 0) is 0 Å². The van der Waals surface area contributed by atoms with Crippen LogP contribution in [-0.4, -0.2) is 11.7 Å². The third-order valence-electron chi connectivity index (χ3n) is 2.75. The Morgan fingerprint density at radius 2 is 2.00 bits per heavy atom. The molecule has 0 radical (unpaired) electrons. The van der Waals surface area contributed by atoms with Crippen LogP contribution in [0, 0.1) is 11.8 Å². The van der Waals surface area contributed by atoms with E-state index in [0.29, 0.717) is 18.4 Å². The minimum atomic E-state index is 0.369. The fourth-order valence-corrected chi connectivity index (χ4v) is 2.11. The van der Waals surface area contributed by atoms with E-state index in [2.05, 4.69) is 19.9 Å². The predicted octanol–water partition coefficient (Wildman–Crippen LogP) is 2.75. The van der Waals surface area contributed by atoms with Crippen molar-refractivity contribution in [2.75, 3.05) is 6.61 Å². The number of aliphatic hydroxyl groups excluding tert-OH is 1. The van der Waals surface area contributed by atoms with Crippen molar-refractivity contribution >= 4 is 0 Å². The standard InChI is InChI=1S/C11H20O/c1-9(2)7-10-5-3-4-6-11(10)8-12/h7,10-12H,3-6,8H2,1-2H3/t10-,11-/m1/s1. The van der Waals surface area contributed by atoms with Crippen LogP contribution in [0.25, 0.3) is 0 Å². The molecule has 1 aliphatic rings. The van der Waals surface area contributed by atoms with Crippen molar-refractivity contribution in [1.82, 2.24) is 0 Å². The third kappa shape index (κ3) is 2.63. The molecule has 1 aliphatic carbocycles. The zero-order chi connectivity index (χ0) is 8.97. The Balaban J connectivity index is 2.53.